The topological polar surface area (TPSA) is 56.0 Å². The molecule has 1 aromatic carbocycles. The highest BCUT2D eigenvalue weighted by Gasteiger charge is 2.12. The van der Waals surface area contributed by atoms with Crippen LogP contribution in [0.25, 0.3) is 0 Å². The van der Waals surface area contributed by atoms with Crippen LogP contribution in [0, 0.1) is 6.92 Å². The van der Waals surface area contributed by atoms with Gasteiger partial charge in [0.25, 0.3) is 5.22 Å². The third kappa shape index (κ3) is 2.95. The maximum atomic E-state index is 11.5. The molecule has 0 saturated carbocycles. The Kier molecular flexibility index (Phi) is 3.63. The van der Waals surface area contributed by atoms with Gasteiger partial charge in [-0.3, -0.25) is 4.79 Å². The van der Waals surface area contributed by atoms with Gasteiger partial charge >= 0.3 is 0 Å². The van der Waals surface area contributed by atoms with Gasteiger partial charge in [-0.1, -0.05) is 15.9 Å². The van der Waals surface area contributed by atoms with Crippen molar-refractivity contribution in [2.75, 3.05) is 0 Å². The van der Waals surface area contributed by atoms with Gasteiger partial charge in [0.05, 0.1) is 0 Å². The quantitative estimate of drug-likeness (QED) is 0.812. The van der Waals surface area contributed by atoms with Crippen LogP contribution in [0.15, 0.2) is 37.2 Å². The summed E-state index contributed by atoms with van der Waals surface area (Å²) in [5.74, 6) is 0.517. The first kappa shape index (κ1) is 12.3. The fourth-order valence-electron chi connectivity index (χ4n) is 1.29. The third-order valence-corrected chi connectivity index (χ3v) is 3.42. The summed E-state index contributed by atoms with van der Waals surface area (Å²) in [5.41, 5.74) is 0.647. The molecule has 2 rings (SSSR count). The maximum absolute atomic E-state index is 11.5. The molecule has 1 aromatic heterocycles. The van der Waals surface area contributed by atoms with Gasteiger partial charge in [-0.2, -0.15) is 0 Å². The fourth-order valence-corrected chi connectivity index (χ4v) is 2.74. The van der Waals surface area contributed by atoms with E-state index in [1.165, 1.54) is 18.7 Å². The predicted octanol–water partition coefficient (Wildman–Crippen LogP) is 3.49. The Morgan fingerprint density at radius 3 is 2.76 bits per heavy atom. The van der Waals surface area contributed by atoms with Crippen molar-refractivity contribution in [2.45, 2.75) is 24.0 Å². The smallest absolute Gasteiger partial charge is 0.281 e. The van der Waals surface area contributed by atoms with E-state index in [0.29, 0.717) is 16.7 Å². The first-order valence-electron chi connectivity index (χ1n) is 4.84. The average Bonchev–Trinajstić information content (AvgIpc) is 2.63. The lowest BCUT2D eigenvalue weighted by molar-refractivity contribution is 0.101. The van der Waals surface area contributed by atoms with Crippen LogP contribution in [0.4, 0.5) is 0 Å². The number of carbonyl (C=O) groups excluding carboxylic acids is 1. The largest absolute Gasteiger partial charge is 0.416 e. The number of hydrogen-bond acceptors (Lipinski definition) is 5. The number of aryl methyl sites for hydroxylation is 1. The van der Waals surface area contributed by atoms with Gasteiger partial charge in [-0.05, 0) is 36.9 Å². The molecule has 0 spiro atoms. The molecule has 0 fully saturated rings. The summed E-state index contributed by atoms with van der Waals surface area (Å²) in [6, 6.07) is 5.47. The molecule has 0 saturated heterocycles. The zero-order chi connectivity index (χ0) is 12.4. The summed E-state index contributed by atoms with van der Waals surface area (Å²) in [7, 11) is 0. The Balaban J connectivity index is 2.37. The van der Waals surface area contributed by atoms with Crippen LogP contribution >= 0.6 is 27.7 Å². The second kappa shape index (κ2) is 5.01. The number of rotatable bonds is 3. The van der Waals surface area contributed by atoms with Crippen molar-refractivity contribution in [3.05, 3.63) is 34.1 Å². The number of carbonyl (C=O) groups is 1. The summed E-state index contributed by atoms with van der Waals surface area (Å²) in [4.78, 5) is 12.3. The summed E-state index contributed by atoms with van der Waals surface area (Å²) in [6.07, 6.45) is 0. The minimum atomic E-state index is 0.0104. The lowest BCUT2D eigenvalue weighted by Crippen LogP contribution is -1.94. The Morgan fingerprint density at radius 1 is 1.41 bits per heavy atom. The number of nitrogens with zero attached hydrogens (tertiary/aromatic N) is 2. The summed E-state index contributed by atoms with van der Waals surface area (Å²) < 4.78 is 6.18. The van der Waals surface area contributed by atoms with Crippen molar-refractivity contribution >= 4 is 33.5 Å². The molecule has 0 unspecified atom stereocenters. The molecular formula is C11H9BrN2O2S. The molecule has 17 heavy (non-hydrogen) atoms. The van der Waals surface area contributed by atoms with Gasteiger partial charge in [-0.25, -0.2) is 0 Å². The molecule has 0 aliphatic carbocycles. The zero-order valence-electron chi connectivity index (χ0n) is 9.23. The van der Waals surface area contributed by atoms with Gasteiger partial charge in [-0.15, -0.1) is 10.2 Å². The number of halogens is 1. The summed E-state index contributed by atoms with van der Waals surface area (Å²) in [5, 5.41) is 8.07. The molecular weight excluding hydrogens is 304 g/mol. The predicted molar refractivity (Wildman–Crippen MR) is 67.3 cm³/mol. The van der Waals surface area contributed by atoms with Gasteiger partial charge in [0.15, 0.2) is 5.78 Å². The Morgan fingerprint density at radius 2 is 2.18 bits per heavy atom. The molecule has 2 aromatic rings. The number of hydrogen-bond donors (Lipinski definition) is 0. The van der Waals surface area contributed by atoms with E-state index in [1.807, 2.05) is 12.1 Å². The van der Waals surface area contributed by atoms with E-state index < -0.39 is 0 Å². The molecule has 0 radical (unpaired) electrons. The average molecular weight is 313 g/mol. The lowest BCUT2D eigenvalue weighted by atomic mass is 10.1. The molecule has 0 atom stereocenters. The highest BCUT2D eigenvalue weighted by Crippen LogP contribution is 2.31. The van der Waals surface area contributed by atoms with Gasteiger partial charge < -0.3 is 4.42 Å². The molecule has 0 aliphatic rings. The van der Waals surface area contributed by atoms with Crippen molar-refractivity contribution in [3.63, 3.8) is 0 Å². The van der Waals surface area contributed by atoms with Crippen molar-refractivity contribution < 1.29 is 9.21 Å². The number of Topliss-reactive ketones (excluding diaryl/α,β-unsaturated/α-hetero) is 1. The van der Waals surface area contributed by atoms with Crippen LogP contribution in [-0.4, -0.2) is 16.0 Å². The van der Waals surface area contributed by atoms with E-state index in [9.17, 15) is 4.79 Å². The molecule has 4 nitrogen and oxygen atoms in total. The van der Waals surface area contributed by atoms with Gasteiger partial charge in [0.1, 0.15) is 0 Å². The van der Waals surface area contributed by atoms with E-state index in [-0.39, 0.29) is 5.78 Å². The first-order valence-corrected chi connectivity index (χ1v) is 6.45. The van der Waals surface area contributed by atoms with E-state index >= 15 is 0 Å². The van der Waals surface area contributed by atoms with Crippen LogP contribution in [0.1, 0.15) is 23.2 Å². The highest BCUT2D eigenvalue weighted by molar-refractivity contribution is 9.10. The number of ketones is 1. The van der Waals surface area contributed by atoms with Crippen molar-refractivity contribution in [1.29, 1.82) is 0 Å². The van der Waals surface area contributed by atoms with Crippen molar-refractivity contribution in [3.8, 4) is 0 Å². The van der Waals surface area contributed by atoms with E-state index in [2.05, 4.69) is 26.1 Å². The third-order valence-electron chi connectivity index (χ3n) is 2.03. The standard InChI is InChI=1S/C11H9BrN2O2S/c1-6(15)9-4-3-8(12)5-10(9)17-11-14-13-7(2)16-11/h3-5H,1-2H3. The maximum Gasteiger partial charge on any atom is 0.281 e. The van der Waals surface area contributed by atoms with E-state index in [4.69, 9.17) is 4.42 Å². The molecule has 1 heterocycles. The molecule has 0 bridgehead atoms. The molecule has 0 aliphatic heterocycles. The van der Waals surface area contributed by atoms with Crippen LogP contribution in [0.2, 0.25) is 0 Å². The minimum Gasteiger partial charge on any atom is -0.416 e. The molecule has 0 N–H and O–H groups in total. The normalized spacial score (nSPS) is 10.5. The lowest BCUT2D eigenvalue weighted by Gasteiger charge is -2.04. The SMILES string of the molecule is CC(=O)c1ccc(Br)cc1Sc1nnc(C)o1. The van der Waals surface area contributed by atoms with Crippen molar-refractivity contribution in [2.24, 2.45) is 0 Å². The van der Waals surface area contributed by atoms with Crippen LogP contribution < -0.4 is 0 Å². The fraction of sp³-hybridized carbons (Fsp3) is 0.182. The molecule has 0 amide bonds. The monoisotopic (exact) mass is 312 g/mol. The van der Waals surface area contributed by atoms with Gasteiger partial charge in [0, 0.05) is 21.9 Å². The Hall–Kier alpha value is -1.14. The second-order valence-corrected chi connectivity index (χ2v) is 5.29. The van der Waals surface area contributed by atoms with Crippen LogP contribution in [-0.2, 0) is 0 Å². The molecule has 88 valence electrons. The van der Waals surface area contributed by atoms with Gasteiger partial charge in [0.2, 0.25) is 5.89 Å². The number of aromatic nitrogens is 2. The van der Waals surface area contributed by atoms with Crippen molar-refractivity contribution in [1.82, 2.24) is 10.2 Å². The van der Waals surface area contributed by atoms with Crippen LogP contribution in [0.3, 0.4) is 0 Å². The highest BCUT2D eigenvalue weighted by atomic mass is 79.9. The minimum absolute atomic E-state index is 0.0104. The molecule has 6 heteroatoms. The second-order valence-electron chi connectivity index (χ2n) is 3.39. The van der Waals surface area contributed by atoms with E-state index in [0.717, 1.165) is 9.37 Å². The first-order chi connectivity index (χ1) is 8.06. The number of benzene rings is 1. The van der Waals surface area contributed by atoms with E-state index in [1.54, 1.807) is 13.0 Å². The summed E-state index contributed by atoms with van der Waals surface area (Å²) in [6.45, 7) is 3.26. The zero-order valence-corrected chi connectivity index (χ0v) is 11.6. The summed E-state index contributed by atoms with van der Waals surface area (Å²) >= 11 is 4.66. The Labute approximate surface area is 111 Å². The Bertz CT molecular complexity index is 568. The van der Waals surface area contributed by atoms with Crippen LogP contribution in [0.5, 0.6) is 0 Å².